The summed E-state index contributed by atoms with van der Waals surface area (Å²) >= 11 is 0. The zero-order valence-corrected chi connectivity index (χ0v) is 29.1. The molecule has 1 aliphatic carbocycles. The number of carbonyl (C=O) groups is 1. The van der Waals surface area contributed by atoms with Gasteiger partial charge in [0.25, 0.3) is 0 Å². The van der Waals surface area contributed by atoms with E-state index in [0.29, 0.717) is 12.0 Å². The minimum atomic E-state index is -0.963. The summed E-state index contributed by atoms with van der Waals surface area (Å²) in [7, 11) is 0. The van der Waals surface area contributed by atoms with Crippen molar-refractivity contribution in [3.63, 3.8) is 0 Å². The van der Waals surface area contributed by atoms with Gasteiger partial charge in [0.05, 0.1) is 22.9 Å². The molecule has 2 aromatic heterocycles. The zero-order chi connectivity index (χ0) is 33.1. The number of H-pyrrole nitrogens is 1. The Balaban J connectivity index is 1.28. The number of fused-ring (bicyclic) bond motifs is 5. The van der Waals surface area contributed by atoms with Gasteiger partial charge in [-0.15, -0.1) is 0 Å². The standard InChI is InChI=1S/C41H53N5O2/c1-39(2,3)38(47)43-28-15-16-34-31(24-28)30-17-20-42-35(36(30)44-34)32-26-41(48)19-11-7-4-5-8-12-21-45-23-18-33(32)40(27-45)25-29-14-10-6-9-13-22-46(29)37(40)41/h4,7,10,14-17,20,24,26,29,33,37,44,48H,5-6,8-9,11-13,18-19,21-23,25,27H2,1-3H3,(H,43,47)/b7-4-,14-10-/t29-,33-,37+,40-,41-/m0/s1. The molecule has 254 valence electrons. The number of piperidine rings is 1. The van der Waals surface area contributed by atoms with Crippen LogP contribution in [0.15, 0.2) is 60.8 Å². The van der Waals surface area contributed by atoms with E-state index in [1.54, 1.807) is 0 Å². The summed E-state index contributed by atoms with van der Waals surface area (Å²) in [5.41, 5.74) is 3.56. The minimum Gasteiger partial charge on any atom is -0.384 e. The van der Waals surface area contributed by atoms with E-state index in [2.05, 4.69) is 68.7 Å². The Morgan fingerprint density at radius 1 is 1.00 bits per heavy atom. The van der Waals surface area contributed by atoms with E-state index in [-0.39, 0.29) is 17.4 Å². The third-order valence-corrected chi connectivity index (χ3v) is 12.2. The molecule has 5 aliphatic rings. The number of allylic oxidation sites excluding steroid dienone is 4. The smallest absolute Gasteiger partial charge is 0.229 e. The predicted molar refractivity (Wildman–Crippen MR) is 196 cm³/mol. The van der Waals surface area contributed by atoms with Gasteiger partial charge < -0.3 is 20.3 Å². The van der Waals surface area contributed by atoms with Gasteiger partial charge in [-0.25, -0.2) is 0 Å². The Morgan fingerprint density at radius 3 is 2.67 bits per heavy atom. The van der Waals surface area contributed by atoms with Gasteiger partial charge >= 0.3 is 0 Å². The lowest BCUT2D eigenvalue weighted by molar-refractivity contribution is -0.123. The number of aliphatic hydroxyl groups is 1. The molecule has 3 aromatic rings. The second kappa shape index (κ2) is 12.3. The molecule has 1 spiro atoms. The number of benzene rings is 1. The molecule has 3 N–H and O–H groups in total. The number of hydrogen-bond acceptors (Lipinski definition) is 5. The van der Waals surface area contributed by atoms with Crippen molar-refractivity contribution in [3.05, 3.63) is 66.5 Å². The van der Waals surface area contributed by atoms with Crippen molar-refractivity contribution >= 4 is 39.0 Å². The molecule has 6 atom stereocenters. The topological polar surface area (TPSA) is 84.5 Å². The number of pyridine rings is 1. The molecule has 6 heterocycles. The molecular weight excluding hydrogens is 594 g/mol. The first-order chi connectivity index (χ1) is 23.2. The van der Waals surface area contributed by atoms with Crippen molar-refractivity contribution in [1.82, 2.24) is 19.8 Å². The van der Waals surface area contributed by atoms with Gasteiger partial charge in [0.15, 0.2) is 0 Å². The molecule has 1 aromatic carbocycles. The second-order valence-electron chi connectivity index (χ2n) is 16.5. The number of hydrogen-bond donors (Lipinski definition) is 3. The normalized spacial score (nSPS) is 34.1. The number of nitrogens with zero attached hydrogens (tertiary/aromatic N) is 3. The lowest BCUT2D eigenvalue weighted by Gasteiger charge is -2.58. The van der Waals surface area contributed by atoms with Gasteiger partial charge in [-0.05, 0) is 126 Å². The molecule has 1 amide bonds. The summed E-state index contributed by atoms with van der Waals surface area (Å²) in [5.74, 6) is 0.314. The highest BCUT2D eigenvalue weighted by atomic mass is 16.3. The highest BCUT2D eigenvalue weighted by molar-refractivity contribution is 6.11. The highest BCUT2D eigenvalue weighted by Gasteiger charge is 2.65. The number of nitrogens with one attached hydrogen (secondary N) is 2. The van der Waals surface area contributed by atoms with Crippen LogP contribution in [0.4, 0.5) is 5.69 Å². The van der Waals surface area contributed by atoms with Gasteiger partial charge in [0, 0.05) is 51.6 Å². The van der Waals surface area contributed by atoms with Crippen LogP contribution in [0.5, 0.6) is 0 Å². The van der Waals surface area contributed by atoms with E-state index >= 15 is 0 Å². The maximum Gasteiger partial charge on any atom is 0.229 e. The van der Waals surface area contributed by atoms with E-state index in [0.717, 1.165) is 97.9 Å². The fourth-order valence-electron chi connectivity index (χ4n) is 10.0. The summed E-state index contributed by atoms with van der Waals surface area (Å²) in [6, 6.07) is 8.68. The van der Waals surface area contributed by atoms with Crippen LogP contribution < -0.4 is 5.32 Å². The highest BCUT2D eigenvalue weighted by Crippen LogP contribution is 2.61. The Hall–Kier alpha value is -3.26. The van der Waals surface area contributed by atoms with Crippen molar-refractivity contribution in [3.8, 4) is 0 Å². The van der Waals surface area contributed by atoms with Crippen LogP contribution in [0.1, 0.15) is 90.7 Å². The maximum atomic E-state index is 13.2. The van der Waals surface area contributed by atoms with Crippen LogP contribution in [0.3, 0.4) is 0 Å². The number of anilines is 1. The van der Waals surface area contributed by atoms with Gasteiger partial charge in [-0.2, -0.15) is 0 Å². The molecule has 3 bridgehead atoms. The van der Waals surface area contributed by atoms with E-state index in [4.69, 9.17) is 4.98 Å². The summed E-state index contributed by atoms with van der Waals surface area (Å²) in [4.78, 5) is 27.2. The second-order valence-corrected chi connectivity index (χ2v) is 16.5. The SMILES string of the molecule is CC(C)(C)C(=O)Nc1ccc2[nH]c3c(C4=C[C@@]5(O)CC/C=C\CCCCN6CC[C@@H]4[C@]4(C[C@@H]7/C=C\CCCCN7[C@H]45)C6)nccc3c2c1. The van der Waals surface area contributed by atoms with E-state index in [1.807, 2.05) is 33.0 Å². The fraction of sp³-hybridized carbons (Fsp3) is 0.561. The first-order valence-corrected chi connectivity index (χ1v) is 18.6. The molecule has 2 fully saturated rings. The van der Waals surface area contributed by atoms with Crippen LogP contribution in [0.25, 0.3) is 27.4 Å². The van der Waals surface area contributed by atoms with Crippen molar-refractivity contribution in [1.29, 1.82) is 0 Å². The summed E-state index contributed by atoms with van der Waals surface area (Å²) < 4.78 is 0. The lowest BCUT2D eigenvalue weighted by atomic mass is 9.54. The van der Waals surface area contributed by atoms with Gasteiger partial charge in [-0.1, -0.05) is 45.1 Å². The molecule has 7 heteroatoms. The first kappa shape index (κ1) is 32.0. The van der Waals surface area contributed by atoms with Gasteiger partial charge in [0.1, 0.15) is 0 Å². The average molecular weight is 648 g/mol. The van der Waals surface area contributed by atoms with Crippen LogP contribution in [-0.2, 0) is 4.79 Å². The molecule has 2 saturated heterocycles. The van der Waals surface area contributed by atoms with Crippen LogP contribution in [0.2, 0.25) is 0 Å². The number of amides is 1. The molecule has 4 aliphatic heterocycles. The van der Waals surface area contributed by atoms with Crippen molar-refractivity contribution in [2.45, 2.75) is 103 Å². The van der Waals surface area contributed by atoms with Gasteiger partial charge in [-0.3, -0.25) is 14.7 Å². The van der Waals surface area contributed by atoms with Crippen LogP contribution in [0, 0.1) is 16.7 Å². The molecule has 7 nitrogen and oxygen atoms in total. The van der Waals surface area contributed by atoms with E-state index in [9.17, 15) is 9.90 Å². The van der Waals surface area contributed by atoms with E-state index in [1.165, 1.54) is 31.3 Å². The molecule has 8 rings (SSSR count). The molecule has 1 unspecified atom stereocenters. The van der Waals surface area contributed by atoms with Crippen LogP contribution in [-0.4, -0.2) is 74.6 Å². The maximum absolute atomic E-state index is 13.2. The Labute approximate surface area is 285 Å². The first-order valence-electron chi connectivity index (χ1n) is 18.6. The largest absolute Gasteiger partial charge is 0.384 e. The number of aromatic nitrogens is 2. The molecule has 0 radical (unpaired) electrons. The summed E-state index contributed by atoms with van der Waals surface area (Å²) in [5, 5.41) is 18.5. The van der Waals surface area contributed by atoms with Gasteiger partial charge in [0.2, 0.25) is 5.91 Å². The molecular formula is C41H53N5O2. The molecule has 48 heavy (non-hydrogen) atoms. The Kier molecular flexibility index (Phi) is 8.16. The predicted octanol–water partition coefficient (Wildman–Crippen LogP) is 7.84. The zero-order valence-electron chi connectivity index (χ0n) is 29.1. The fourth-order valence-corrected chi connectivity index (χ4v) is 10.0. The third kappa shape index (κ3) is 5.46. The summed E-state index contributed by atoms with van der Waals surface area (Å²) in [6.45, 7) is 10.1. The quantitative estimate of drug-likeness (QED) is 0.247. The average Bonchev–Trinajstić information content (AvgIpc) is 3.56. The van der Waals surface area contributed by atoms with Crippen molar-refractivity contribution in [2.75, 3.05) is 31.5 Å². The van der Waals surface area contributed by atoms with E-state index < -0.39 is 11.0 Å². The van der Waals surface area contributed by atoms with Crippen LogP contribution >= 0.6 is 0 Å². The Bertz CT molecular complexity index is 1800. The number of carbonyl (C=O) groups excluding carboxylic acids is 1. The van der Waals surface area contributed by atoms with Crippen molar-refractivity contribution < 1.29 is 9.90 Å². The van der Waals surface area contributed by atoms with Crippen molar-refractivity contribution in [2.24, 2.45) is 16.7 Å². The minimum absolute atomic E-state index is 0.00113. The molecule has 0 saturated carbocycles. The third-order valence-electron chi connectivity index (χ3n) is 12.2. The number of aromatic amines is 1. The summed E-state index contributed by atoms with van der Waals surface area (Å²) in [6.07, 6.45) is 24.7. The number of rotatable bonds is 2. The monoisotopic (exact) mass is 647 g/mol. The lowest BCUT2D eigenvalue weighted by Crippen LogP contribution is -2.65. The Morgan fingerprint density at radius 2 is 1.81 bits per heavy atom.